The molecule has 0 bridgehead atoms. The number of hydrogen-bond acceptors (Lipinski definition) is 4. The Kier molecular flexibility index (Phi) is 4.53. The zero-order valence-electron chi connectivity index (χ0n) is 15.2. The molecule has 3 atom stereocenters. The summed E-state index contributed by atoms with van der Waals surface area (Å²) in [6, 6.07) is 11.6. The average molecular weight is 353 g/mol. The minimum absolute atomic E-state index is 0.0153. The lowest BCUT2D eigenvalue weighted by Gasteiger charge is -2.48. The van der Waals surface area contributed by atoms with Crippen molar-refractivity contribution in [3.05, 3.63) is 53.1 Å². The highest BCUT2D eigenvalue weighted by Crippen LogP contribution is 2.47. The van der Waals surface area contributed by atoms with Crippen molar-refractivity contribution in [2.45, 2.75) is 50.5 Å². The van der Waals surface area contributed by atoms with E-state index in [2.05, 4.69) is 11.8 Å². The average Bonchev–Trinajstić information content (AvgIpc) is 2.63. The summed E-state index contributed by atoms with van der Waals surface area (Å²) in [5, 5.41) is 29.5. The molecule has 1 aliphatic heterocycles. The molecular formula is C22H27NO3. The Bertz CT molecular complexity index is 787. The Balaban J connectivity index is 1.71. The molecule has 2 aliphatic rings. The van der Waals surface area contributed by atoms with Gasteiger partial charge in [-0.2, -0.15) is 0 Å². The topological polar surface area (TPSA) is 63.9 Å². The Hall–Kier alpha value is -2.20. The molecule has 0 saturated carbocycles. The van der Waals surface area contributed by atoms with E-state index in [0.717, 1.165) is 38.8 Å². The number of likely N-dealkylation sites (tertiary alicyclic amines) is 1. The van der Waals surface area contributed by atoms with Crippen LogP contribution in [0.15, 0.2) is 36.4 Å². The third kappa shape index (κ3) is 3.03. The number of hydrogen-bond donors (Lipinski definition) is 3. The molecule has 0 spiro atoms. The lowest BCUT2D eigenvalue weighted by atomic mass is 9.70. The predicted molar refractivity (Wildman–Crippen MR) is 102 cm³/mol. The van der Waals surface area contributed by atoms with Crippen LogP contribution in [0, 0.1) is 0 Å². The fourth-order valence-corrected chi connectivity index (χ4v) is 4.96. The molecule has 1 aliphatic carbocycles. The van der Waals surface area contributed by atoms with Crippen LogP contribution in [0.1, 0.15) is 54.7 Å². The highest BCUT2D eigenvalue weighted by Gasteiger charge is 2.40. The minimum Gasteiger partial charge on any atom is -0.508 e. The van der Waals surface area contributed by atoms with Gasteiger partial charge < -0.3 is 15.3 Å². The number of rotatable bonds is 3. The number of fused-ring (bicyclic) bond motifs is 3. The van der Waals surface area contributed by atoms with E-state index >= 15 is 0 Å². The van der Waals surface area contributed by atoms with E-state index in [4.69, 9.17) is 0 Å². The van der Waals surface area contributed by atoms with Crippen molar-refractivity contribution in [2.75, 3.05) is 13.1 Å². The summed E-state index contributed by atoms with van der Waals surface area (Å²) in [7, 11) is 0. The Morgan fingerprint density at radius 1 is 1.04 bits per heavy atom. The molecule has 3 N–H and O–H groups in total. The first-order valence-corrected chi connectivity index (χ1v) is 9.64. The first kappa shape index (κ1) is 17.2. The van der Waals surface area contributed by atoms with Crippen LogP contribution in [0.3, 0.4) is 0 Å². The molecule has 1 saturated heterocycles. The molecule has 4 nitrogen and oxygen atoms in total. The van der Waals surface area contributed by atoms with E-state index in [-0.39, 0.29) is 11.5 Å². The summed E-state index contributed by atoms with van der Waals surface area (Å²) >= 11 is 0. The summed E-state index contributed by atoms with van der Waals surface area (Å²) in [5.41, 5.74) is 3.63. The number of aromatic hydroxyl groups is 3. The predicted octanol–water partition coefficient (Wildman–Crippen LogP) is 4.10. The number of phenols is 3. The third-order valence-corrected chi connectivity index (χ3v) is 6.15. The molecule has 0 unspecified atom stereocenters. The van der Waals surface area contributed by atoms with Gasteiger partial charge in [0.1, 0.15) is 5.75 Å². The van der Waals surface area contributed by atoms with Gasteiger partial charge >= 0.3 is 0 Å². The van der Waals surface area contributed by atoms with Crippen LogP contribution in [0.25, 0.3) is 0 Å². The van der Waals surface area contributed by atoms with E-state index in [1.54, 1.807) is 24.3 Å². The molecule has 138 valence electrons. The fourth-order valence-electron chi connectivity index (χ4n) is 4.96. The van der Waals surface area contributed by atoms with Gasteiger partial charge in [-0.1, -0.05) is 19.1 Å². The molecule has 26 heavy (non-hydrogen) atoms. The van der Waals surface area contributed by atoms with Gasteiger partial charge in [0.2, 0.25) is 0 Å². The lowest BCUT2D eigenvalue weighted by Crippen LogP contribution is -2.49. The highest BCUT2D eigenvalue weighted by molar-refractivity contribution is 5.49. The molecule has 2 aromatic rings. The second-order valence-corrected chi connectivity index (χ2v) is 7.77. The Morgan fingerprint density at radius 3 is 2.50 bits per heavy atom. The zero-order valence-corrected chi connectivity index (χ0v) is 15.2. The van der Waals surface area contributed by atoms with Crippen LogP contribution < -0.4 is 0 Å². The third-order valence-electron chi connectivity index (χ3n) is 6.15. The molecule has 0 radical (unpaired) electrons. The smallest absolute Gasteiger partial charge is 0.157 e. The normalized spacial score (nSPS) is 25.5. The lowest BCUT2D eigenvalue weighted by molar-refractivity contribution is 0.0979. The fraction of sp³-hybridized carbons (Fsp3) is 0.455. The molecule has 4 rings (SSSR count). The van der Waals surface area contributed by atoms with Crippen molar-refractivity contribution in [3.63, 3.8) is 0 Å². The van der Waals surface area contributed by atoms with E-state index in [9.17, 15) is 15.3 Å². The number of benzene rings is 2. The van der Waals surface area contributed by atoms with Gasteiger partial charge in [0.15, 0.2) is 11.5 Å². The molecule has 2 aromatic carbocycles. The molecule has 1 fully saturated rings. The van der Waals surface area contributed by atoms with Gasteiger partial charge in [0.25, 0.3) is 0 Å². The van der Waals surface area contributed by atoms with Crippen molar-refractivity contribution in [1.29, 1.82) is 0 Å². The highest BCUT2D eigenvalue weighted by atomic mass is 16.3. The molecule has 4 heteroatoms. The van der Waals surface area contributed by atoms with Crippen LogP contribution >= 0.6 is 0 Å². The van der Waals surface area contributed by atoms with Crippen LogP contribution in [0.2, 0.25) is 0 Å². The Morgan fingerprint density at radius 2 is 1.77 bits per heavy atom. The molecule has 1 heterocycles. The quantitative estimate of drug-likeness (QED) is 0.727. The minimum atomic E-state index is -0.0156. The summed E-state index contributed by atoms with van der Waals surface area (Å²) in [4.78, 5) is 2.61. The van der Waals surface area contributed by atoms with E-state index < -0.39 is 0 Å². The van der Waals surface area contributed by atoms with Crippen molar-refractivity contribution in [1.82, 2.24) is 4.90 Å². The maximum Gasteiger partial charge on any atom is 0.157 e. The van der Waals surface area contributed by atoms with Gasteiger partial charge in [-0.15, -0.1) is 0 Å². The van der Waals surface area contributed by atoms with Crippen molar-refractivity contribution < 1.29 is 15.3 Å². The maximum absolute atomic E-state index is 10.1. The van der Waals surface area contributed by atoms with Gasteiger partial charge in [-0.25, -0.2) is 0 Å². The van der Waals surface area contributed by atoms with E-state index in [0.29, 0.717) is 23.6 Å². The van der Waals surface area contributed by atoms with Crippen LogP contribution in [-0.4, -0.2) is 39.4 Å². The maximum atomic E-state index is 10.1. The SMILES string of the molecule is CCCN1C[C@H](c2ccc(O)cc2)C[C@@H]2c3cc(O)c(O)cc3CC[C@H]21. The molecular weight excluding hydrogens is 326 g/mol. The van der Waals surface area contributed by atoms with Gasteiger partial charge in [0.05, 0.1) is 0 Å². The number of nitrogens with zero attached hydrogens (tertiary/aromatic N) is 1. The number of piperidine rings is 1. The van der Waals surface area contributed by atoms with Crippen molar-refractivity contribution in [3.8, 4) is 17.2 Å². The Labute approximate surface area is 154 Å². The summed E-state index contributed by atoms with van der Waals surface area (Å²) < 4.78 is 0. The zero-order chi connectivity index (χ0) is 18.3. The first-order valence-electron chi connectivity index (χ1n) is 9.64. The largest absolute Gasteiger partial charge is 0.508 e. The number of phenolic OH excluding ortho intramolecular Hbond substituents is 3. The van der Waals surface area contributed by atoms with Gasteiger partial charge in [0, 0.05) is 18.5 Å². The molecule has 0 aromatic heterocycles. The van der Waals surface area contributed by atoms with Gasteiger partial charge in [-0.3, -0.25) is 4.90 Å². The second kappa shape index (κ2) is 6.84. The summed E-state index contributed by atoms with van der Waals surface area (Å²) in [6.45, 7) is 4.34. The summed E-state index contributed by atoms with van der Waals surface area (Å²) in [6.07, 6.45) is 4.21. The second-order valence-electron chi connectivity index (χ2n) is 7.77. The van der Waals surface area contributed by atoms with Crippen molar-refractivity contribution >= 4 is 0 Å². The van der Waals surface area contributed by atoms with Crippen molar-refractivity contribution in [2.24, 2.45) is 0 Å². The first-order chi connectivity index (χ1) is 12.6. The van der Waals surface area contributed by atoms with Gasteiger partial charge in [-0.05, 0) is 79.1 Å². The molecule has 0 amide bonds. The van der Waals surface area contributed by atoms with Crippen LogP contribution in [-0.2, 0) is 6.42 Å². The number of aryl methyl sites for hydroxylation is 1. The monoisotopic (exact) mass is 353 g/mol. The van der Waals surface area contributed by atoms with Crippen LogP contribution in [0.5, 0.6) is 17.2 Å². The standard InChI is InChI=1S/C22H27NO3/c1-2-9-23-13-16(14-3-6-17(24)7-4-14)10-19-18-12-22(26)21(25)11-15(18)5-8-20(19)23/h3-4,6-7,11-12,16,19-20,24-26H,2,5,8-10,13H2,1H3/t16-,19-,20-/m1/s1. The van der Waals surface area contributed by atoms with E-state index in [1.165, 1.54) is 16.7 Å². The van der Waals surface area contributed by atoms with Crippen LogP contribution in [0.4, 0.5) is 0 Å². The summed E-state index contributed by atoms with van der Waals surface area (Å²) in [5.74, 6) is 1.04. The van der Waals surface area contributed by atoms with E-state index in [1.807, 2.05) is 12.1 Å².